The number of nitrogens with one attached hydrogen (secondary N) is 1. The first-order valence-corrected chi connectivity index (χ1v) is 8.86. The number of thiophene rings is 1. The van der Waals surface area contributed by atoms with E-state index in [1.165, 1.54) is 4.88 Å². The summed E-state index contributed by atoms with van der Waals surface area (Å²) in [4.78, 5) is 8.26. The van der Waals surface area contributed by atoms with Gasteiger partial charge in [0.15, 0.2) is 5.96 Å². The van der Waals surface area contributed by atoms with E-state index in [0.717, 1.165) is 37.5 Å². The second kappa shape index (κ2) is 9.20. The molecule has 23 heavy (non-hydrogen) atoms. The zero-order valence-electron chi connectivity index (χ0n) is 13.8. The van der Waals surface area contributed by atoms with E-state index in [4.69, 9.17) is 4.99 Å². The molecular weight excluding hydrogens is 306 g/mol. The van der Waals surface area contributed by atoms with Crippen molar-refractivity contribution in [1.29, 1.82) is 0 Å². The Bertz CT molecular complexity index is 610. The minimum absolute atomic E-state index is 0.312. The molecule has 0 aliphatic carbocycles. The van der Waals surface area contributed by atoms with Crippen LogP contribution in [0.5, 0.6) is 5.75 Å². The lowest BCUT2D eigenvalue weighted by Crippen LogP contribution is -2.40. The monoisotopic (exact) mass is 331 g/mol. The summed E-state index contributed by atoms with van der Waals surface area (Å²) in [6.45, 7) is 4.58. The van der Waals surface area contributed by atoms with Crippen LogP contribution < -0.4 is 5.32 Å². The molecule has 1 aromatic carbocycles. The molecule has 0 bridgehead atoms. The number of benzene rings is 1. The molecule has 0 fully saturated rings. The zero-order valence-corrected chi connectivity index (χ0v) is 14.6. The second-order valence-electron chi connectivity index (χ2n) is 5.41. The van der Waals surface area contributed by atoms with Crippen LogP contribution in [0.2, 0.25) is 0 Å². The number of hydrogen-bond donors (Lipinski definition) is 2. The summed E-state index contributed by atoms with van der Waals surface area (Å²) in [7, 11) is 2.07. The predicted molar refractivity (Wildman–Crippen MR) is 98.4 cm³/mol. The maximum atomic E-state index is 9.50. The molecule has 0 spiro atoms. The van der Waals surface area contributed by atoms with E-state index in [1.54, 1.807) is 23.5 Å². The molecule has 2 N–H and O–H groups in total. The number of rotatable bonds is 7. The van der Waals surface area contributed by atoms with Gasteiger partial charge in [0.1, 0.15) is 5.75 Å². The van der Waals surface area contributed by atoms with Gasteiger partial charge in [0.2, 0.25) is 0 Å². The summed E-state index contributed by atoms with van der Waals surface area (Å²) in [5.74, 6) is 1.25. The van der Waals surface area contributed by atoms with Crippen molar-refractivity contribution in [3.05, 3.63) is 52.2 Å². The Morgan fingerprint density at radius 3 is 2.83 bits per heavy atom. The number of phenolic OH excluding ortho intramolecular Hbond substituents is 1. The normalized spacial score (nSPS) is 11.5. The fourth-order valence-corrected chi connectivity index (χ4v) is 3.01. The average molecular weight is 331 g/mol. The molecule has 0 saturated heterocycles. The standard InChI is InChI=1S/C18H25N3OS/c1-3-19-18(21(2)12-10-17-8-5-13-23-17)20-11-9-15-6-4-7-16(22)14-15/h4-8,13-14,22H,3,9-12H2,1-2H3,(H,19,20). The molecule has 0 radical (unpaired) electrons. The molecule has 0 amide bonds. The van der Waals surface area contributed by atoms with Crippen LogP contribution in [-0.4, -0.2) is 42.6 Å². The van der Waals surface area contributed by atoms with Gasteiger partial charge < -0.3 is 15.3 Å². The molecular formula is C18H25N3OS. The Hall–Kier alpha value is -2.01. The molecule has 0 unspecified atom stereocenters. The van der Waals surface area contributed by atoms with Crippen LogP contribution in [0, 0.1) is 0 Å². The van der Waals surface area contributed by atoms with Crippen LogP contribution in [0.25, 0.3) is 0 Å². The van der Waals surface area contributed by atoms with E-state index in [-0.39, 0.29) is 0 Å². The topological polar surface area (TPSA) is 47.9 Å². The van der Waals surface area contributed by atoms with E-state index in [2.05, 4.69) is 41.7 Å². The molecule has 1 heterocycles. The summed E-state index contributed by atoms with van der Waals surface area (Å²) in [5, 5.41) is 15.0. The average Bonchev–Trinajstić information content (AvgIpc) is 3.05. The van der Waals surface area contributed by atoms with Crippen molar-refractivity contribution in [2.75, 3.05) is 26.7 Å². The highest BCUT2D eigenvalue weighted by Crippen LogP contribution is 2.11. The number of guanidine groups is 1. The number of likely N-dealkylation sites (N-methyl/N-ethyl adjacent to an activating group) is 1. The molecule has 124 valence electrons. The molecule has 2 aromatic rings. The molecule has 2 rings (SSSR count). The largest absolute Gasteiger partial charge is 0.508 e. The van der Waals surface area contributed by atoms with E-state index in [1.807, 2.05) is 12.1 Å². The quantitative estimate of drug-likeness (QED) is 0.605. The van der Waals surface area contributed by atoms with Crippen molar-refractivity contribution in [3.8, 4) is 5.75 Å². The van der Waals surface area contributed by atoms with Gasteiger partial charge in [0, 0.05) is 31.6 Å². The third-order valence-electron chi connectivity index (χ3n) is 3.54. The molecule has 5 heteroatoms. The van der Waals surface area contributed by atoms with Crippen LogP contribution >= 0.6 is 11.3 Å². The molecule has 1 aromatic heterocycles. The van der Waals surface area contributed by atoms with Crippen molar-refractivity contribution in [2.45, 2.75) is 19.8 Å². The SMILES string of the molecule is CCNC(=NCCc1cccc(O)c1)N(C)CCc1cccs1. The number of phenols is 1. The van der Waals surface area contributed by atoms with Crippen molar-refractivity contribution >= 4 is 17.3 Å². The van der Waals surface area contributed by atoms with Gasteiger partial charge >= 0.3 is 0 Å². The lowest BCUT2D eigenvalue weighted by Gasteiger charge is -2.21. The van der Waals surface area contributed by atoms with E-state index < -0.39 is 0 Å². The molecule has 0 atom stereocenters. The first-order chi connectivity index (χ1) is 11.2. The van der Waals surface area contributed by atoms with Gasteiger partial charge in [-0.1, -0.05) is 18.2 Å². The van der Waals surface area contributed by atoms with Crippen LogP contribution in [-0.2, 0) is 12.8 Å². The van der Waals surface area contributed by atoms with Crippen molar-refractivity contribution in [2.24, 2.45) is 4.99 Å². The predicted octanol–water partition coefficient (Wildman–Crippen LogP) is 3.14. The lowest BCUT2D eigenvalue weighted by atomic mass is 10.1. The smallest absolute Gasteiger partial charge is 0.193 e. The molecule has 4 nitrogen and oxygen atoms in total. The van der Waals surface area contributed by atoms with Gasteiger partial charge in [-0.25, -0.2) is 0 Å². The van der Waals surface area contributed by atoms with E-state index in [9.17, 15) is 5.11 Å². The Morgan fingerprint density at radius 2 is 2.13 bits per heavy atom. The molecule has 0 aliphatic heterocycles. The van der Waals surface area contributed by atoms with Gasteiger partial charge in [-0.05, 0) is 48.9 Å². The summed E-state index contributed by atoms with van der Waals surface area (Å²) >= 11 is 1.80. The molecule has 0 aliphatic rings. The van der Waals surface area contributed by atoms with Crippen LogP contribution in [0.4, 0.5) is 0 Å². The Balaban J connectivity index is 1.87. The van der Waals surface area contributed by atoms with Gasteiger partial charge in [0.05, 0.1) is 0 Å². The first kappa shape index (κ1) is 17.3. The maximum absolute atomic E-state index is 9.50. The fraction of sp³-hybridized carbons (Fsp3) is 0.389. The number of hydrogen-bond acceptors (Lipinski definition) is 3. The van der Waals surface area contributed by atoms with Crippen LogP contribution in [0.3, 0.4) is 0 Å². The minimum Gasteiger partial charge on any atom is -0.508 e. The van der Waals surface area contributed by atoms with Gasteiger partial charge in [-0.3, -0.25) is 4.99 Å². The maximum Gasteiger partial charge on any atom is 0.193 e. The minimum atomic E-state index is 0.312. The second-order valence-corrected chi connectivity index (χ2v) is 6.44. The highest BCUT2D eigenvalue weighted by Gasteiger charge is 2.06. The molecule has 0 saturated carbocycles. The summed E-state index contributed by atoms with van der Waals surface area (Å²) in [5.41, 5.74) is 1.10. The van der Waals surface area contributed by atoms with Gasteiger partial charge in [0.25, 0.3) is 0 Å². The first-order valence-electron chi connectivity index (χ1n) is 7.98. The van der Waals surface area contributed by atoms with Crippen LogP contribution in [0.15, 0.2) is 46.8 Å². The van der Waals surface area contributed by atoms with Gasteiger partial charge in [-0.15, -0.1) is 11.3 Å². The van der Waals surface area contributed by atoms with Crippen molar-refractivity contribution in [1.82, 2.24) is 10.2 Å². The van der Waals surface area contributed by atoms with E-state index in [0.29, 0.717) is 12.3 Å². The summed E-state index contributed by atoms with van der Waals surface area (Å²) in [6, 6.07) is 11.6. The van der Waals surface area contributed by atoms with Crippen molar-refractivity contribution < 1.29 is 5.11 Å². The third kappa shape index (κ3) is 5.94. The van der Waals surface area contributed by atoms with Crippen molar-refractivity contribution in [3.63, 3.8) is 0 Å². The number of aromatic hydroxyl groups is 1. The Morgan fingerprint density at radius 1 is 1.26 bits per heavy atom. The lowest BCUT2D eigenvalue weighted by molar-refractivity contribution is 0.474. The fourth-order valence-electron chi connectivity index (χ4n) is 2.31. The number of aliphatic imine (C=N–C) groups is 1. The summed E-state index contributed by atoms with van der Waals surface area (Å²) < 4.78 is 0. The zero-order chi connectivity index (χ0) is 16.5. The van der Waals surface area contributed by atoms with Crippen LogP contribution in [0.1, 0.15) is 17.4 Å². The number of nitrogens with zero attached hydrogens (tertiary/aromatic N) is 2. The Labute approximate surface area is 142 Å². The third-order valence-corrected chi connectivity index (χ3v) is 4.48. The summed E-state index contributed by atoms with van der Waals surface area (Å²) in [6.07, 6.45) is 1.85. The van der Waals surface area contributed by atoms with Gasteiger partial charge in [-0.2, -0.15) is 0 Å². The van der Waals surface area contributed by atoms with E-state index >= 15 is 0 Å². The highest BCUT2D eigenvalue weighted by atomic mass is 32.1. The highest BCUT2D eigenvalue weighted by molar-refractivity contribution is 7.09. The Kier molecular flexibility index (Phi) is 6.94.